The smallest absolute Gasteiger partial charge is 0.119 e. The summed E-state index contributed by atoms with van der Waals surface area (Å²) in [5, 5.41) is 0. The van der Waals surface area contributed by atoms with Gasteiger partial charge in [-0.2, -0.15) is 0 Å². The lowest BCUT2D eigenvalue weighted by atomic mass is 9.88. The third kappa shape index (κ3) is 3.53. The predicted octanol–water partition coefficient (Wildman–Crippen LogP) is 4.57. The van der Waals surface area contributed by atoms with E-state index in [9.17, 15) is 0 Å². The summed E-state index contributed by atoms with van der Waals surface area (Å²) >= 11 is 3.73. The molecular weight excluding hydrogens is 252 g/mol. The Bertz CT molecular complexity index is 297. The highest BCUT2D eigenvalue weighted by Gasteiger charge is 2.23. The van der Waals surface area contributed by atoms with Gasteiger partial charge < -0.3 is 4.74 Å². The SMILES string of the molecule is CCOc1ccc(C(Br)C(C)(C)C)cc1. The van der Waals surface area contributed by atoms with Crippen molar-refractivity contribution >= 4 is 15.9 Å². The van der Waals surface area contributed by atoms with E-state index in [1.54, 1.807) is 0 Å². The van der Waals surface area contributed by atoms with E-state index in [2.05, 4.69) is 48.8 Å². The average molecular weight is 271 g/mol. The lowest BCUT2D eigenvalue weighted by Gasteiger charge is -2.25. The zero-order valence-electron chi connectivity index (χ0n) is 9.88. The number of hydrogen-bond acceptors (Lipinski definition) is 1. The third-order valence-corrected chi connectivity index (χ3v) is 4.15. The van der Waals surface area contributed by atoms with Crippen LogP contribution in [0, 0.1) is 5.41 Å². The molecule has 0 spiro atoms. The Morgan fingerprint density at radius 2 is 1.73 bits per heavy atom. The van der Waals surface area contributed by atoms with Gasteiger partial charge in [0.15, 0.2) is 0 Å². The van der Waals surface area contributed by atoms with E-state index in [0.29, 0.717) is 4.83 Å². The molecule has 84 valence electrons. The van der Waals surface area contributed by atoms with Gasteiger partial charge in [-0.15, -0.1) is 0 Å². The van der Waals surface area contributed by atoms with Gasteiger partial charge in [0, 0.05) is 4.83 Å². The van der Waals surface area contributed by atoms with Crippen LogP contribution in [0.25, 0.3) is 0 Å². The zero-order chi connectivity index (χ0) is 11.5. The molecule has 0 saturated carbocycles. The molecule has 0 heterocycles. The first kappa shape index (κ1) is 12.6. The van der Waals surface area contributed by atoms with Crippen molar-refractivity contribution in [3.8, 4) is 5.75 Å². The van der Waals surface area contributed by atoms with Crippen molar-refractivity contribution in [2.45, 2.75) is 32.5 Å². The van der Waals surface area contributed by atoms with Gasteiger partial charge in [0.1, 0.15) is 5.75 Å². The molecule has 0 radical (unpaired) electrons. The predicted molar refractivity (Wildman–Crippen MR) is 68.7 cm³/mol. The minimum Gasteiger partial charge on any atom is -0.494 e. The van der Waals surface area contributed by atoms with E-state index in [4.69, 9.17) is 4.74 Å². The van der Waals surface area contributed by atoms with Crippen LogP contribution in [-0.4, -0.2) is 6.61 Å². The monoisotopic (exact) mass is 270 g/mol. The van der Waals surface area contributed by atoms with Gasteiger partial charge in [-0.3, -0.25) is 0 Å². The van der Waals surface area contributed by atoms with Gasteiger partial charge in [0.2, 0.25) is 0 Å². The fraction of sp³-hybridized carbons (Fsp3) is 0.538. The molecule has 0 bridgehead atoms. The Balaban J connectivity index is 2.80. The topological polar surface area (TPSA) is 9.23 Å². The van der Waals surface area contributed by atoms with Gasteiger partial charge in [0.05, 0.1) is 6.61 Å². The zero-order valence-corrected chi connectivity index (χ0v) is 11.5. The Hall–Kier alpha value is -0.500. The minimum absolute atomic E-state index is 0.229. The van der Waals surface area contributed by atoms with Gasteiger partial charge in [-0.05, 0) is 30.0 Å². The normalized spacial score (nSPS) is 13.7. The lowest BCUT2D eigenvalue weighted by Crippen LogP contribution is -2.12. The van der Waals surface area contributed by atoms with Crippen molar-refractivity contribution in [1.29, 1.82) is 0 Å². The van der Waals surface area contributed by atoms with E-state index in [-0.39, 0.29) is 5.41 Å². The highest BCUT2D eigenvalue weighted by Crippen LogP contribution is 2.40. The lowest BCUT2D eigenvalue weighted by molar-refractivity contribution is 0.340. The molecule has 0 N–H and O–H groups in total. The van der Waals surface area contributed by atoms with Gasteiger partial charge in [-0.25, -0.2) is 0 Å². The van der Waals surface area contributed by atoms with Crippen LogP contribution in [0.3, 0.4) is 0 Å². The molecule has 0 aliphatic carbocycles. The first-order chi connectivity index (χ1) is 6.95. The van der Waals surface area contributed by atoms with E-state index in [1.165, 1.54) is 5.56 Å². The molecule has 0 saturated heterocycles. The first-order valence-electron chi connectivity index (χ1n) is 5.32. The fourth-order valence-corrected chi connectivity index (χ4v) is 1.70. The van der Waals surface area contributed by atoms with Gasteiger partial charge in [0.25, 0.3) is 0 Å². The molecule has 1 rings (SSSR count). The highest BCUT2D eigenvalue weighted by molar-refractivity contribution is 9.09. The molecule has 0 aromatic heterocycles. The Labute approximate surface area is 101 Å². The number of benzene rings is 1. The van der Waals surface area contributed by atoms with E-state index in [1.807, 2.05) is 19.1 Å². The summed E-state index contributed by atoms with van der Waals surface area (Å²) in [6.07, 6.45) is 0. The molecule has 1 unspecified atom stereocenters. The van der Waals surface area contributed by atoms with Crippen molar-refractivity contribution in [2.75, 3.05) is 6.61 Å². The van der Waals surface area contributed by atoms with Crippen LogP contribution < -0.4 is 4.74 Å². The quantitative estimate of drug-likeness (QED) is 0.732. The summed E-state index contributed by atoms with van der Waals surface area (Å²) in [6, 6.07) is 8.29. The minimum atomic E-state index is 0.229. The van der Waals surface area contributed by atoms with Crippen molar-refractivity contribution in [1.82, 2.24) is 0 Å². The molecular formula is C13H19BrO. The standard InChI is InChI=1S/C13H19BrO/c1-5-15-11-8-6-10(7-9-11)12(14)13(2,3)4/h6-9,12H,5H2,1-4H3. The summed E-state index contributed by atoms with van der Waals surface area (Å²) in [5.41, 5.74) is 1.53. The average Bonchev–Trinajstić information content (AvgIpc) is 2.17. The summed E-state index contributed by atoms with van der Waals surface area (Å²) in [4.78, 5) is 0.376. The second-order valence-electron chi connectivity index (χ2n) is 4.73. The molecule has 1 aromatic rings. The van der Waals surface area contributed by atoms with Gasteiger partial charge >= 0.3 is 0 Å². The molecule has 0 aliphatic heterocycles. The summed E-state index contributed by atoms with van der Waals surface area (Å²) < 4.78 is 5.41. The van der Waals surface area contributed by atoms with Crippen LogP contribution in [0.1, 0.15) is 38.1 Å². The summed E-state index contributed by atoms with van der Waals surface area (Å²) in [6.45, 7) is 9.39. The highest BCUT2D eigenvalue weighted by atomic mass is 79.9. The molecule has 0 fully saturated rings. The molecule has 1 nitrogen and oxygen atoms in total. The van der Waals surface area contributed by atoms with Crippen LogP contribution in [0.5, 0.6) is 5.75 Å². The largest absolute Gasteiger partial charge is 0.494 e. The Kier molecular flexibility index (Phi) is 4.21. The van der Waals surface area contributed by atoms with Crippen molar-refractivity contribution in [3.63, 3.8) is 0 Å². The maximum Gasteiger partial charge on any atom is 0.119 e. The Morgan fingerprint density at radius 1 is 1.20 bits per heavy atom. The van der Waals surface area contributed by atoms with Gasteiger partial charge in [-0.1, -0.05) is 48.8 Å². The molecule has 2 heteroatoms. The van der Waals surface area contributed by atoms with Crippen LogP contribution in [0.15, 0.2) is 24.3 Å². The maximum atomic E-state index is 5.41. The van der Waals surface area contributed by atoms with Crippen LogP contribution in [-0.2, 0) is 0 Å². The fourth-order valence-electron chi connectivity index (χ4n) is 1.40. The first-order valence-corrected chi connectivity index (χ1v) is 6.23. The number of rotatable bonds is 3. The molecule has 1 aromatic carbocycles. The van der Waals surface area contributed by atoms with Crippen molar-refractivity contribution < 1.29 is 4.74 Å². The number of halogens is 1. The van der Waals surface area contributed by atoms with E-state index < -0.39 is 0 Å². The number of hydrogen-bond donors (Lipinski definition) is 0. The number of alkyl halides is 1. The molecule has 0 aliphatic rings. The van der Waals surface area contributed by atoms with Crippen molar-refractivity contribution in [2.24, 2.45) is 5.41 Å². The van der Waals surface area contributed by atoms with Crippen LogP contribution in [0.2, 0.25) is 0 Å². The summed E-state index contributed by atoms with van der Waals surface area (Å²) in [5.74, 6) is 0.940. The summed E-state index contributed by atoms with van der Waals surface area (Å²) in [7, 11) is 0. The Morgan fingerprint density at radius 3 is 2.13 bits per heavy atom. The maximum absolute atomic E-state index is 5.41. The molecule has 0 amide bonds. The number of ether oxygens (including phenoxy) is 1. The molecule has 15 heavy (non-hydrogen) atoms. The van der Waals surface area contributed by atoms with E-state index >= 15 is 0 Å². The van der Waals surface area contributed by atoms with Crippen molar-refractivity contribution in [3.05, 3.63) is 29.8 Å². The van der Waals surface area contributed by atoms with Crippen LogP contribution in [0.4, 0.5) is 0 Å². The second-order valence-corrected chi connectivity index (χ2v) is 5.65. The molecule has 1 atom stereocenters. The third-order valence-electron chi connectivity index (χ3n) is 2.24. The van der Waals surface area contributed by atoms with E-state index in [0.717, 1.165) is 12.4 Å². The second kappa shape index (κ2) is 5.02. The van der Waals surface area contributed by atoms with Crippen LogP contribution >= 0.6 is 15.9 Å².